The summed E-state index contributed by atoms with van der Waals surface area (Å²) in [6.07, 6.45) is 3.52. The number of nitrogens with one attached hydrogen (secondary N) is 1. The van der Waals surface area contributed by atoms with Gasteiger partial charge in [0.25, 0.3) is 0 Å². The van der Waals surface area contributed by atoms with E-state index in [4.69, 9.17) is 0 Å². The number of nitrogens with zero attached hydrogens (tertiary/aromatic N) is 3. The number of rotatable bonds is 5. The molecule has 2 heterocycles. The Balaban J connectivity index is 1.42. The van der Waals surface area contributed by atoms with Crippen molar-refractivity contribution in [3.63, 3.8) is 0 Å². The van der Waals surface area contributed by atoms with Crippen LogP contribution in [0.2, 0.25) is 0 Å². The zero-order valence-electron chi connectivity index (χ0n) is 14.4. The Hall–Kier alpha value is -2.96. The molecule has 3 rings (SSSR count). The summed E-state index contributed by atoms with van der Waals surface area (Å²) in [7, 11) is 0. The van der Waals surface area contributed by atoms with Crippen LogP contribution in [-0.2, 0) is 9.59 Å². The second kappa shape index (κ2) is 8.42. The van der Waals surface area contributed by atoms with Gasteiger partial charge in [-0.2, -0.15) is 0 Å². The third-order valence-electron chi connectivity index (χ3n) is 4.34. The second-order valence-electron chi connectivity index (χ2n) is 6.13. The molecule has 0 bridgehead atoms. The van der Waals surface area contributed by atoms with E-state index in [9.17, 15) is 14.0 Å². The van der Waals surface area contributed by atoms with E-state index >= 15 is 0 Å². The van der Waals surface area contributed by atoms with Gasteiger partial charge in [-0.05, 0) is 36.4 Å². The van der Waals surface area contributed by atoms with Crippen LogP contribution in [0.3, 0.4) is 0 Å². The summed E-state index contributed by atoms with van der Waals surface area (Å²) < 4.78 is 13.0. The molecule has 1 fully saturated rings. The van der Waals surface area contributed by atoms with E-state index in [1.807, 2.05) is 0 Å². The van der Waals surface area contributed by atoms with Gasteiger partial charge in [0.05, 0.1) is 11.9 Å². The van der Waals surface area contributed by atoms with E-state index in [2.05, 4.69) is 15.2 Å². The number of piperazine rings is 1. The van der Waals surface area contributed by atoms with Crippen molar-refractivity contribution < 1.29 is 14.0 Å². The molecule has 1 N–H and O–H groups in total. The molecule has 6 nitrogen and oxygen atoms in total. The number of halogens is 1. The molecule has 0 aliphatic carbocycles. The van der Waals surface area contributed by atoms with Gasteiger partial charge in [-0.15, -0.1) is 0 Å². The number of pyridine rings is 1. The largest absolute Gasteiger partial charge is 0.368 e. The van der Waals surface area contributed by atoms with Crippen molar-refractivity contribution in [1.82, 2.24) is 9.88 Å². The number of anilines is 2. The molecule has 1 aliphatic heterocycles. The Labute approximate surface area is 151 Å². The van der Waals surface area contributed by atoms with Gasteiger partial charge in [0.1, 0.15) is 5.82 Å². The molecule has 1 aliphatic rings. The van der Waals surface area contributed by atoms with Gasteiger partial charge in [-0.25, -0.2) is 4.39 Å². The average Bonchev–Trinajstić information content (AvgIpc) is 2.68. The standard InChI is InChI=1S/C19H21FN4O2/c20-15-3-5-17(6-4-15)23-10-12-24(13-11-23)19(26)8-7-18(25)22-16-2-1-9-21-14-16/h1-6,9,14H,7-8,10-13H2,(H,22,25). The third kappa shape index (κ3) is 4.78. The molecular formula is C19H21FN4O2. The van der Waals surface area contributed by atoms with E-state index in [0.29, 0.717) is 31.9 Å². The van der Waals surface area contributed by atoms with Gasteiger partial charge >= 0.3 is 0 Å². The lowest BCUT2D eigenvalue weighted by atomic mass is 10.2. The number of hydrogen-bond acceptors (Lipinski definition) is 4. The van der Waals surface area contributed by atoms with Crippen LogP contribution >= 0.6 is 0 Å². The summed E-state index contributed by atoms with van der Waals surface area (Å²) in [6.45, 7) is 2.58. The van der Waals surface area contributed by atoms with Crippen LogP contribution in [-0.4, -0.2) is 47.9 Å². The summed E-state index contributed by atoms with van der Waals surface area (Å²) in [6, 6.07) is 9.86. The first-order valence-electron chi connectivity index (χ1n) is 8.60. The quantitative estimate of drug-likeness (QED) is 0.893. The minimum atomic E-state index is -0.257. The molecule has 0 unspecified atom stereocenters. The van der Waals surface area contributed by atoms with Crippen molar-refractivity contribution >= 4 is 23.2 Å². The summed E-state index contributed by atoms with van der Waals surface area (Å²) >= 11 is 0. The molecule has 0 atom stereocenters. The number of amides is 2. The van der Waals surface area contributed by atoms with Crippen LogP contribution < -0.4 is 10.2 Å². The van der Waals surface area contributed by atoms with Crippen molar-refractivity contribution in [3.8, 4) is 0 Å². The maximum atomic E-state index is 13.0. The van der Waals surface area contributed by atoms with Gasteiger partial charge in [0.2, 0.25) is 11.8 Å². The normalized spacial score (nSPS) is 14.2. The van der Waals surface area contributed by atoms with Crippen LogP contribution in [0.5, 0.6) is 0 Å². The molecule has 7 heteroatoms. The molecular weight excluding hydrogens is 335 g/mol. The molecule has 0 saturated carbocycles. The lowest BCUT2D eigenvalue weighted by Crippen LogP contribution is -2.48. The number of hydrogen-bond donors (Lipinski definition) is 1. The monoisotopic (exact) mass is 356 g/mol. The minimum absolute atomic E-state index is 0.0231. The maximum Gasteiger partial charge on any atom is 0.224 e. The Kier molecular flexibility index (Phi) is 5.78. The van der Waals surface area contributed by atoms with Gasteiger partial charge in [0.15, 0.2) is 0 Å². The topological polar surface area (TPSA) is 65.5 Å². The number of carbonyl (C=O) groups is 2. The van der Waals surface area contributed by atoms with Crippen molar-refractivity contribution in [2.24, 2.45) is 0 Å². The number of aromatic nitrogens is 1. The zero-order chi connectivity index (χ0) is 18.4. The van der Waals surface area contributed by atoms with Crippen LogP contribution in [0.4, 0.5) is 15.8 Å². The first-order chi connectivity index (χ1) is 12.6. The molecule has 26 heavy (non-hydrogen) atoms. The highest BCUT2D eigenvalue weighted by Crippen LogP contribution is 2.17. The highest BCUT2D eigenvalue weighted by Gasteiger charge is 2.21. The summed E-state index contributed by atoms with van der Waals surface area (Å²) in [5.74, 6) is -0.478. The minimum Gasteiger partial charge on any atom is -0.368 e. The maximum absolute atomic E-state index is 13.0. The second-order valence-corrected chi connectivity index (χ2v) is 6.13. The fourth-order valence-electron chi connectivity index (χ4n) is 2.90. The highest BCUT2D eigenvalue weighted by atomic mass is 19.1. The van der Waals surface area contributed by atoms with Crippen LogP contribution in [0, 0.1) is 5.82 Å². The van der Waals surface area contributed by atoms with E-state index < -0.39 is 0 Å². The number of benzene rings is 1. The molecule has 0 radical (unpaired) electrons. The molecule has 136 valence electrons. The predicted octanol–water partition coefficient (Wildman–Crippen LogP) is 2.29. The smallest absolute Gasteiger partial charge is 0.224 e. The van der Waals surface area contributed by atoms with E-state index in [-0.39, 0.29) is 30.5 Å². The molecule has 1 aromatic heterocycles. The van der Waals surface area contributed by atoms with Gasteiger partial charge in [-0.1, -0.05) is 0 Å². The lowest BCUT2D eigenvalue weighted by Gasteiger charge is -2.36. The Bertz CT molecular complexity index is 744. The summed E-state index contributed by atoms with van der Waals surface area (Å²) in [5.41, 5.74) is 1.58. The van der Waals surface area contributed by atoms with Crippen LogP contribution in [0.25, 0.3) is 0 Å². The fourth-order valence-corrected chi connectivity index (χ4v) is 2.90. The molecule has 2 amide bonds. The molecule has 2 aromatic rings. The number of carbonyl (C=O) groups excluding carboxylic acids is 2. The van der Waals surface area contributed by atoms with Gasteiger partial charge in [-0.3, -0.25) is 14.6 Å². The Morgan fingerprint density at radius 3 is 2.42 bits per heavy atom. The van der Waals surface area contributed by atoms with Crippen molar-refractivity contribution in [2.75, 3.05) is 36.4 Å². The highest BCUT2D eigenvalue weighted by molar-refractivity contribution is 5.93. The Morgan fingerprint density at radius 2 is 1.77 bits per heavy atom. The van der Waals surface area contributed by atoms with Gasteiger partial charge in [0, 0.05) is 50.9 Å². The van der Waals surface area contributed by atoms with Crippen molar-refractivity contribution in [1.29, 1.82) is 0 Å². The SMILES string of the molecule is O=C(CCC(=O)N1CCN(c2ccc(F)cc2)CC1)Nc1cccnc1. The molecule has 1 saturated heterocycles. The van der Waals surface area contributed by atoms with E-state index in [0.717, 1.165) is 5.69 Å². The van der Waals surface area contributed by atoms with Crippen LogP contribution in [0.1, 0.15) is 12.8 Å². The van der Waals surface area contributed by atoms with Crippen molar-refractivity contribution in [2.45, 2.75) is 12.8 Å². The zero-order valence-corrected chi connectivity index (χ0v) is 14.4. The predicted molar refractivity (Wildman–Crippen MR) is 97.3 cm³/mol. The molecule has 1 aromatic carbocycles. The van der Waals surface area contributed by atoms with E-state index in [1.165, 1.54) is 12.1 Å². The summed E-state index contributed by atoms with van der Waals surface area (Å²) in [4.78, 5) is 32.1. The Morgan fingerprint density at radius 1 is 1.04 bits per heavy atom. The van der Waals surface area contributed by atoms with Crippen molar-refractivity contribution in [3.05, 3.63) is 54.6 Å². The average molecular weight is 356 g/mol. The molecule has 0 spiro atoms. The first kappa shape index (κ1) is 17.8. The third-order valence-corrected chi connectivity index (χ3v) is 4.34. The van der Waals surface area contributed by atoms with Crippen LogP contribution in [0.15, 0.2) is 48.8 Å². The summed E-state index contributed by atoms with van der Waals surface area (Å²) in [5, 5.41) is 2.72. The lowest BCUT2D eigenvalue weighted by molar-refractivity contribution is -0.133. The van der Waals surface area contributed by atoms with Gasteiger partial charge < -0.3 is 15.1 Å². The first-order valence-corrected chi connectivity index (χ1v) is 8.60. The van der Waals surface area contributed by atoms with E-state index in [1.54, 1.807) is 41.6 Å². The fraction of sp³-hybridized carbons (Fsp3) is 0.316.